The summed E-state index contributed by atoms with van der Waals surface area (Å²) in [7, 11) is 0. The summed E-state index contributed by atoms with van der Waals surface area (Å²) in [4.78, 5) is 23.4. The molecule has 0 aliphatic heterocycles. The third kappa shape index (κ3) is 4.32. The Hall–Kier alpha value is -2.50. The summed E-state index contributed by atoms with van der Waals surface area (Å²) in [6.45, 7) is 5.93. The van der Waals surface area contributed by atoms with Crippen molar-refractivity contribution in [3.8, 4) is 0 Å². The zero-order valence-electron chi connectivity index (χ0n) is 15.1. The number of unbranched alkanes of at least 4 members (excludes halogenated alkanes) is 4. The van der Waals surface area contributed by atoms with Crippen LogP contribution in [0.25, 0.3) is 0 Å². The average molecular weight is 343 g/mol. The van der Waals surface area contributed by atoms with Gasteiger partial charge in [-0.25, -0.2) is 4.68 Å². The Balaban J connectivity index is 2.22. The topological polar surface area (TPSA) is 78.0 Å². The highest BCUT2D eigenvalue weighted by Crippen LogP contribution is 2.22. The highest BCUT2D eigenvalue weighted by molar-refractivity contribution is 5.99. The van der Waals surface area contributed by atoms with Gasteiger partial charge in [0.2, 0.25) is 0 Å². The second-order valence-corrected chi connectivity index (χ2v) is 6.30. The number of hydrogen-bond acceptors (Lipinski definition) is 4. The Morgan fingerprint density at radius 3 is 2.52 bits per heavy atom. The summed E-state index contributed by atoms with van der Waals surface area (Å²) in [5.41, 5.74) is 2.54. The lowest BCUT2D eigenvalue weighted by atomic mass is 10.0. The molecule has 0 saturated heterocycles. The van der Waals surface area contributed by atoms with Crippen LogP contribution in [0.4, 0.5) is 5.69 Å². The van der Waals surface area contributed by atoms with Gasteiger partial charge >= 0.3 is 0 Å². The van der Waals surface area contributed by atoms with Crippen LogP contribution >= 0.6 is 0 Å². The molecule has 0 radical (unpaired) electrons. The molecule has 6 nitrogen and oxygen atoms in total. The standard InChI is InChI=1S/C19H25N3O3/c1-4-5-6-7-8-11-16-14(2)20-21(15(16)3)19(23)17-12-9-10-13-18(17)22(24)25/h9-10,12-13H,4-8,11H2,1-3H3. The Labute approximate surface area is 148 Å². The largest absolute Gasteiger partial charge is 0.285 e. The average Bonchev–Trinajstić information content (AvgIpc) is 2.88. The number of rotatable bonds is 8. The van der Waals surface area contributed by atoms with Gasteiger partial charge in [0.15, 0.2) is 0 Å². The van der Waals surface area contributed by atoms with Crippen LogP contribution in [0, 0.1) is 24.0 Å². The second-order valence-electron chi connectivity index (χ2n) is 6.30. The fraction of sp³-hybridized carbons (Fsp3) is 0.474. The van der Waals surface area contributed by atoms with Crippen molar-refractivity contribution in [2.45, 2.75) is 59.3 Å². The Bertz CT molecular complexity index is 765. The molecule has 2 aromatic rings. The first-order valence-corrected chi connectivity index (χ1v) is 8.80. The number of carbonyl (C=O) groups is 1. The van der Waals surface area contributed by atoms with E-state index in [1.54, 1.807) is 12.1 Å². The molecule has 2 rings (SSSR count). The van der Waals surface area contributed by atoms with Crippen molar-refractivity contribution in [3.05, 3.63) is 56.9 Å². The van der Waals surface area contributed by atoms with Gasteiger partial charge in [0.25, 0.3) is 11.6 Å². The number of nitro benzene ring substituents is 1. The van der Waals surface area contributed by atoms with Gasteiger partial charge in [0.1, 0.15) is 5.56 Å². The molecule has 1 aromatic heterocycles. The molecule has 0 amide bonds. The van der Waals surface area contributed by atoms with E-state index in [0.29, 0.717) is 0 Å². The van der Waals surface area contributed by atoms with Gasteiger partial charge in [-0.15, -0.1) is 0 Å². The number of nitro groups is 1. The molecule has 0 unspecified atom stereocenters. The van der Waals surface area contributed by atoms with Crippen molar-refractivity contribution in [2.24, 2.45) is 0 Å². The molecule has 0 N–H and O–H groups in total. The van der Waals surface area contributed by atoms with Crippen LogP contribution in [0.2, 0.25) is 0 Å². The van der Waals surface area contributed by atoms with E-state index in [2.05, 4.69) is 12.0 Å². The fourth-order valence-electron chi connectivity index (χ4n) is 3.07. The van der Waals surface area contributed by atoms with Gasteiger partial charge in [-0.2, -0.15) is 5.10 Å². The van der Waals surface area contributed by atoms with Crippen LogP contribution in [-0.2, 0) is 6.42 Å². The minimum atomic E-state index is -0.534. The second kappa shape index (κ2) is 8.55. The van der Waals surface area contributed by atoms with E-state index < -0.39 is 10.8 Å². The summed E-state index contributed by atoms with van der Waals surface area (Å²) in [6.07, 6.45) is 6.78. The minimum Gasteiger partial charge on any atom is -0.266 e. The van der Waals surface area contributed by atoms with Crippen molar-refractivity contribution in [3.63, 3.8) is 0 Å². The molecule has 0 atom stereocenters. The van der Waals surface area contributed by atoms with E-state index in [1.165, 1.54) is 36.1 Å². The van der Waals surface area contributed by atoms with Crippen molar-refractivity contribution in [1.82, 2.24) is 9.78 Å². The lowest BCUT2D eigenvalue weighted by molar-refractivity contribution is -0.385. The molecule has 0 bridgehead atoms. The molecular formula is C19H25N3O3. The molecule has 25 heavy (non-hydrogen) atoms. The molecular weight excluding hydrogens is 318 g/mol. The maximum atomic E-state index is 12.8. The fourth-order valence-corrected chi connectivity index (χ4v) is 3.07. The number of para-hydroxylation sites is 1. The molecule has 0 spiro atoms. The van der Waals surface area contributed by atoms with Gasteiger partial charge < -0.3 is 0 Å². The van der Waals surface area contributed by atoms with Gasteiger partial charge in [-0.3, -0.25) is 14.9 Å². The van der Waals surface area contributed by atoms with Gasteiger partial charge in [-0.1, -0.05) is 44.7 Å². The smallest absolute Gasteiger partial charge is 0.266 e. The van der Waals surface area contributed by atoms with Crippen LogP contribution in [-0.4, -0.2) is 20.6 Å². The minimum absolute atomic E-state index is 0.0626. The van der Waals surface area contributed by atoms with E-state index in [-0.39, 0.29) is 11.3 Å². The van der Waals surface area contributed by atoms with E-state index in [0.717, 1.165) is 36.2 Å². The summed E-state index contributed by atoms with van der Waals surface area (Å²) in [5.74, 6) is -0.454. The predicted molar refractivity (Wildman–Crippen MR) is 97.0 cm³/mol. The van der Waals surface area contributed by atoms with Gasteiger partial charge in [0.05, 0.1) is 10.6 Å². The third-order valence-electron chi connectivity index (χ3n) is 4.50. The maximum absolute atomic E-state index is 12.8. The summed E-state index contributed by atoms with van der Waals surface area (Å²) in [6, 6.07) is 5.99. The molecule has 0 aliphatic rings. The van der Waals surface area contributed by atoms with Gasteiger partial charge in [-0.05, 0) is 38.3 Å². The van der Waals surface area contributed by atoms with E-state index in [9.17, 15) is 14.9 Å². The number of benzene rings is 1. The Morgan fingerprint density at radius 1 is 1.16 bits per heavy atom. The molecule has 134 valence electrons. The summed E-state index contributed by atoms with van der Waals surface area (Å²) >= 11 is 0. The van der Waals surface area contributed by atoms with Crippen molar-refractivity contribution < 1.29 is 9.72 Å². The Morgan fingerprint density at radius 2 is 1.84 bits per heavy atom. The number of aromatic nitrogens is 2. The number of carbonyl (C=O) groups excluding carboxylic acids is 1. The first-order chi connectivity index (χ1) is 12.0. The van der Waals surface area contributed by atoms with Gasteiger partial charge in [0, 0.05) is 11.8 Å². The maximum Gasteiger partial charge on any atom is 0.285 e. The predicted octanol–water partition coefficient (Wildman–Crippen LogP) is 4.61. The van der Waals surface area contributed by atoms with Crippen LogP contribution in [0.15, 0.2) is 24.3 Å². The summed E-state index contributed by atoms with van der Waals surface area (Å²) < 4.78 is 1.30. The molecule has 0 saturated carbocycles. The quantitative estimate of drug-likeness (QED) is 0.398. The number of aryl methyl sites for hydroxylation is 1. The van der Waals surface area contributed by atoms with E-state index in [4.69, 9.17) is 0 Å². The van der Waals surface area contributed by atoms with Crippen LogP contribution in [0.5, 0.6) is 0 Å². The third-order valence-corrected chi connectivity index (χ3v) is 4.50. The molecule has 1 heterocycles. The number of nitrogens with zero attached hydrogens (tertiary/aromatic N) is 3. The number of hydrogen-bond donors (Lipinski definition) is 0. The zero-order valence-corrected chi connectivity index (χ0v) is 15.1. The summed E-state index contributed by atoms with van der Waals surface area (Å²) in [5, 5.41) is 15.5. The lowest BCUT2D eigenvalue weighted by Gasteiger charge is -2.05. The molecule has 6 heteroatoms. The van der Waals surface area contributed by atoms with Crippen LogP contribution in [0.3, 0.4) is 0 Å². The van der Waals surface area contributed by atoms with Crippen molar-refractivity contribution in [2.75, 3.05) is 0 Å². The van der Waals surface area contributed by atoms with Crippen LogP contribution < -0.4 is 0 Å². The normalized spacial score (nSPS) is 10.8. The highest BCUT2D eigenvalue weighted by atomic mass is 16.6. The first-order valence-electron chi connectivity index (χ1n) is 8.80. The SMILES string of the molecule is CCCCCCCc1c(C)nn(C(=O)c2ccccc2[N+](=O)[O-])c1C. The van der Waals surface area contributed by atoms with Crippen molar-refractivity contribution >= 4 is 11.6 Å². The molecule has 0 aliphatic carbocycles. The monoisotopic (exact) mass is 343 g/mol. The molecule has 0 fully saturated rings. The van der Waals surface area contributed by atoms with Crippen molar-refractivity contribution in [1.29, 1.82) is 0 Å². The lowest BCUT2D eigenvalue weighted by Crippen LogP contribution is -2.17. The Kier molecular flexibility index (Phi) is 6.44. The molecule has 1 aromatic carbocycles. The highest BCUT2D eigenvalue weighted by Gasteiger charge is 2.24. The first kappa shape index (κ1) is 18.8. The van der Waals surface area contributed by atoms with E-state index in [1.807, 2.05) is 13.8 Å². The van der Waals surface area contributed by atoms with Crippen LogP contribution in [0.1, 0.15) is 66.3 Å². The zero-order chi connectivity index (χ0) is 18.4. The van der Waals surface area contributed by atoms with E-state index >= 15 is 0 Å².